The number of aromatic nitrogens is 2. The maximum Gasteiger partial charge on any atom is 0.321 e. The third kappa shape index (κ3) is 5.31. The zero-order valence-corrected chi connectivity index (χ0v) is 17.6. The fraction of sp³-hybridized carbons (Fsp3) is 0.292. The van der Waals surface area contributed by atoms with Gasteiger partial charge in [0.2, 0.25) is 5.95 Å². The molecule has 7 heteroatoms. The predicted octanol–water partition coefficient (Wildman–Crippen LogP) is 4.07. The molecule has 0 atom stereocenters. The lowest BCUT2D eigenvalue weighted by atomic mass is 9.92. The van der Waals surface area contributed by atoms with Gasteiger partial charge in [-0.1, -0.05) is 30.3 Å². The van der Waals surface area contributed by atoms with Crippen LogP contribution in [0.3, 0.4) is 0 Å². The molecule has 1 aliphatic heterocycles. The molecule has 1 aliphatic rings. The van der Waals surface area contributed by atoms with Crippen molar-refractivity contribution in [3.63, 3.8) is 0 Å². The Hall–Kier alpha value is -3.61. The highest BCUT2D eigenvalue weighted by Crippen LogP contribution is 2.28. The average Bonchev–Trinajstić information content (AvgIpc) is 2.80. The molecule has 2 heterocycles. The zero-order chi connectivity index (χ0) is 21.6. The molecule has 0 aliphatic carbocycles. The Morgan fingerprint density at radius 1 is 1.10 bits per heavy atom. The lowest BCUT2D eigenvalue weighted by Gasteiger charge is -2.32. The van der Waals surface area contributed by atoms with E-state index in [1.165, 1.54) is 0 Å². The lowest BCUT2D eigenvalue weighted by molar-refractivity contribution is 0.194. The number of carbonyl (C=O) groups excluding carboxylic acids is 1. The van der Waals surface area contributed by atoms with Crippen LogP contribution in [0.5, 0.6) is 5.75 Å². The Morgan fingerprint density at radius 2 is 1.81 bits per heavy atom. The Labute approximate surface area is 182 Å². The van der Waals surface area contributed by atoms with E-state index in [1.807, 2.05) is 65.6 Å². The number of anilines is 2. The molecule has 1 aromatic heterocycles. The number of rotatable bonds is 5. The van der Waals surface area contributed by atoms with Gasteiger partial charge in [-0.2, -0.15) is 0 Å². The van der Waals surface area contributed by atoms with Crippen molar-refractivity contribution < 1.29 is 9.53 Å². The molecule has 4 rings (SSSR count). The third-order valence-corrected chi connectivity index (χ3v) is 5.59. The average molecular weight is 418 g/mol. The van der Waals surface area contributed by atoms with Crippen LogP contribution in [-0.2, 0) is 6.42 Å². The summed E-state index contributed by atoms with van der Waals surface area (Å²) in [7, 11) is 1.66. The van der Waals surface area contributed by atoms with E-state index in [-0.39, 0.29) is 11.9 Å². The number of hydrogen-bond donors (Lipinski definition) is 2. The minimum atomic E-state index is -0.0629. The summed E-state index contributed by atoms with van der Waals surface area (Å²) in [5.41, 5.74) is 9.81. The molecule has 1 fully saturated rings. The number of amides is 2. The van der Waals surface area contributed by atoms with Crippen molar-refractivity contribution in [3.8, 4) is 5.75 Å². The molecule has 2 amide bonds. The molecule has 0 unspecified atom stereocenters. The predicted molar refractivity (Wildman–Crippen MR) is 121 cm³/mol. The quantitative estimate of drug-likeness (QED) is 0.653. The smallest absolute Gasteiger partial charge is 0.321 e. The molecular formula is C24H27N5O2. The van der Waals surface area contributed by atoms with E-state index in [1.54, 1.807) is 7.11 Å². The number of likely N-dealkylation sites (tertiary alicyclic amines) is 1. The van der Waals surface area contributed by atoms with Crippen molar-refractivity contribution in [3.05, 3.63) is 77.6 Å². The lowest BCUT2D eigenvalue weighted by Crippen LogP contribution is -2.40. The minimum absolute atomic E-state index is 0.0629. The highest BCUT2D eigenvalue weighted by atomic mass is 16.5. The van der Waals surface area contributed by atoms with Crippen molar-refractivity contribution in [2.45, 2.75) is 25.2 Å². The summed E-state index contributed by atoms with van der Waals surface area (Å²) in [4.78, 5) is 23.3. The molecule has 1 saturated heterocycles. The van der Waals surface area contributed by atoms with Gasteiger partial charge >= 0.3 is 6.03 Å². The molecule has 0 spiro atoms. The topological polar surface area (TPSA) is 93.4 Å². The van der Waals surface area contributed by atoms with Crippen LogP contribution < -0.4 is 15.8 Å². The van der Waals surface area contributed by atoms with Gasteiger partial charge in [0.15, 0.2) is 0 Å². The molecule has 7 nitrogen and oxygen atoms in total. The van der Waals surface area contributed by atoms with Crippen LogP contribution in [0.1, 0.15) is 35.7 Å². The van der Waals surface area contributed by atoms with Gasteiger partial charge in [0.25, 0.3) is 0 Å². The summed E-state index contributed by atoms with van der Waals surface area (Å²) in [5.74, 6) is 1.39. The summed E-state index contributed by atoms with van der Waals surface area (Å²) < 4.78 is 5.22. The van der Waals surface area contributed by atoms with Gasteiger partial charge < -0.3 is 20.7 Å². The highest BCUT2D eigenvalue weighted by molar-refractivity contribution is 5.89. The normalized spacial score (nSPS) is 14.3. The number of ether oxygens (including phenoxy) is 1. The number of para-hydroxylation sites is 1. The van der Waals surface area contributed by atoms with Gasteiger partial charge in [0.05, 0.1) is 12.8 Å². The second-order valence-corrected chi connectivity index (χ2v) is 7.72. The van der Waals surface area contributed by atoms with Crippen molar-refractivity contribution >= 4 is 17.7 Å². The SMILES string of the molecule is COc1ccc(Cc2cc(C3CCN(C(=O)Nc4ccccc4)CC3)nc(N)n2)cc1. The number of piperidine rings is 1. The van der Waals surface area contributed by atoms with Gasteiger partial charge in [0, 0.05) is 36.8 Å². The van der Waals surface area contributed by atoms with Crippen LogP contribution in [0.4, 0.5) is 16.4 Å². The first kappa shape index (κ1) is 20.7. The van der Waals surface area contributed by atoms with Gasteiger partial charge in [0.1, 0.15) is 5.75 Å². The van der Waals surface area contributed by atoms with Crippen LogP contribution in [-0.4, -0.2) is 41.1 Å². The summed E-state index contributed by atoms with van der Waals surface area (Å²) >= 11 is 0. The molecule has 0 saturated carbocycles. The number of methoxy groups -OCH3 is 1. The first-order chi connectivity index (χ1) is 15.1. The van der Waals surface area contributed by atoms with E-state index >= 15 is 0 Å². The molecular weight excluding hydrogens is 390 g/mol. The van der Waals surface area contributed by atoms with Crippen molar-refractivity contribution in [1.29, 1.82) is 0 Å². The number of carbonyl (C=O) groups is 1. The Kier molecular flexibility index (Phi) is 6.31. The fourth-order valence-electron chi connectivity index (χ4n) is 3.89. The second kappa shape index (κ2) is 9.47. The molecule has 2 aromatic carbocycles. The van der Waals surface area contributed by atoms with Crippen molar-refractivity contribution in [1.82, 2.24) is 14.9 Å². The number of hydrogen-bond acceptors (Lipinski definition) is 5. The van der Waals surface area contributed by atoms with Crippen LogP contribution >= 0.6 is 0 Å². The Balaban J connectivity index is 1.38. The molecule has 31 heavy (non-hydrogen) atoms. The summed E-state index contributed by atoms with van der Waals surface area (Å²) in [6, 6.07) is 19.4. The van der Waals surface area contributed by atoms with Gasteiger partial charge in [-0.3, -0.25) is 0 Å². The molecule has 0 bridgehead atoms. The standard InChI is InChI=1S/C24H27N5O2/c1-31-21-9-7-17(8-10-21)15-20-16-22(28-23(25)26-20)18-11-13-29(14-12-18)24(30)27-19-5-3-2-4-6-19/h2-10,16,18H,11-15H2,1H3,(H,27,30)(H2,25,26,28). The fourth-order valence-corrected chi connectivity index (χ4v) is 3.89. The number of urea groups is 1. The molecule has 160 valence electrons. The van der Waals surface area contributed by atoms with Crippen molar-refractivity contribution in [2.24, 2.45) is 0 Å². The Bertz CT molecular complexity index is 1020. The van der Waals surface area contributed by atoms with E-state index in [4.69, 9.17) is 10.5 Å². The summed E-state index contributed by atoms with van der Waals surface area (Å²) in [5, 5.41) is 2.95. The second-order valence-electron chi connectivity index (χ2n) is 7.72. The first-order valence-corrected chi connectivity index (χ1v) is 10.5. The third-order valence-electron chi connectivity index (χ3n) is 5.59. The number of nitrogens with one attached hydrogen (secondary N) is 1. The first-order valence-electron chi connectivity index (χ1n) is 10.5. The van der Waals surface area contributed by atoms with E-state index in [0.717, 1.165) is 41.2 Å². The number of nitrogens with two attached hydrogens (primary N) is 1. The summed E-state index contributed by atoms with van der Waals surface area (Å²) in [6.07, 6.45) is 2.38. The Morgan fingerprint density at radius 3 is 2.48 bits per heavy atom. The van der Waals surface area contributed by atoms with Gasteiger partial charge in [-0.25, -0.2) is 14.8 Å². The minimum Gasteiger partial charge on any atom is -0.497 e. The van der Waals surface area contributed by atoms with E-state index in [0.29, 0.717) is 25.5 Å². The maximum absolute atomic E-state index is 12.5. The van der Waals surface area contributed by atoms with Crippen LogP contribution in [0, 0.1) is 0 Å². The summed E-state index contributed by atoms with van der Waals surface area (Å²) in [6.45, 7) is 1.36. The number of nitrogen functional groups attached to an aromatic ring is 1. The van der Waals surface area contributed by atoms with E-state index in [2.05, 4.69) is 15.3 Å². The zero-order valence-electron chi connectivity index (χ0n) is 17.6. The molecule has 0 radical (unpaired) electrons. The number of nitrogens with zero attached hydrogens (tertiary/aromatic N) is 3. The molecule has 3 aromatic rings. The maximum atomic E-state index is 12.5. The van der Waals surface area contributed by atoms with Crippen molar-refractivity contribution in [2.75, 3.05) is 31.2 Å². The van der Waals surface area contributed by atoms with E-state index in [9.17, 15) is 4.79 Å². The highest BCUT2D eigenvalue weighted by Gasteiger charge is 2.25. The molecule has 3 N–H and O–H groups in total. The van der Waals surface area contributed by atoms with Gasteiger partial charge in [-0.05, 0) is 48.7 Å². The van der Waals surface area contributed by atoms with Crippen LogP contribution in [0.2, 0.25) is 0 Å². The van der Waals surface area contributed by atoms with E-state index < -0.39 is 0 Å². The van der Waals surface area contributed by atoms with Crippen LogP contribution in [0.25, 0.3) is 0 Å². The number of benzene rings is 2. The van der Waals surface area contributed by atoms with Crippen LogP contribution in [0.15, 0.2) is 60.7 Å². The monoisotopic (exact) mass is 417 g/mol. The van der Waals surface area contributed by atoms with Gasteiger partial charge in [-0.15, -0.1) is 0 Å². The largest absolute Gasteiger partial charge is 0.497 e.